The van der Waals surface area contributed by atoms with E-state index in [-0.39, 0.29) is 0 Å². The molecule has 0 radical (unpaired) electrons. The second-order valence-corrected chi connectivity index (χ2v) is 7.11. The summed E-state index contributed by atoms with van der Waals surface area (Å²) < 4.78 is 3.30. The molecule has 0 bridgehead atoms. The molecule has 1 saturated carbocycles. The van der Waals surface area contributed by atoms with Gasteiger partial charge in [-0.05, 0) is 55.1 Å². The van der Waals surface area contributed by atoms with Crippen molar-refractivity contribution in [2.45, 2.75) is 71.4 Å². The molecule has 4 heteroatoms. The van der Waals surface area contributed by atoms with Crippen molar-refractivity contribution < 1.29 is 0 Å². The van der Waals surface area contributed by atoms with Crippen LogP contribution in [0.25, 0.3) is 0 Å². The summed E-state index contributed by atoms with van der Waals surface area (Å²) in [4.78, 5) is 0. The molecule has 1 aliphatic carbocycles. The molecule has 20 heavy (non-hydrogen) atoms. The standard InChI is InChI=1S/C16H28BrN3/c1-4-18-15(10-9-13-7-5-6-8-13)16-14(17)11-19-20(16)12(2)3/h11-13,15,18H,4-10H2,1-3H3. The third kappa shape index (κ3) is 3.85. The molecule has 1 fully saturated rings. The van der Waals surface area contributed by atoms with Gasteiger partial charge in [-0.2, -0.15) is 5.10 Å². The van der Waals surface area contributed by atoms with E-state index in [0.29, 0.717) is 12.1 Å². The number of hydrogen-bond donors (Lipinski definition) is 1. The van der Waals surface area contributed by atoms with E-state index in [2.05, 4.69) is 51.8 Å². The van der Waals surface area contributed by atoms with Crippen LogP contribution in [0, 0.1) is 5.92 Å². The molecular formula is C16H28BrN3. The molecule has 1 N–H and O–H groups in total. The first kappa shape index (κ1) is 16.0. The molecule has 0 saturated heterocycles. The Morgan fingerprint density at radius 3 is 2.70 bits per heavy atom. The summed E-state index contributed by atoms with van der Waals surface area (Å²) in [5, 5.41) is 8.18. The number of aromatic nitrogens is 2. The molecule has 1 unspecified atom stereocenters. The first-order chi connectivity index (χ1) is 9.63. The zero-order chi connectivity index (χ0) is 14.5. The molecule has 1 aromatic heterocycles. The SMILES string of the molecule is CCNC(CCC1CCCC1)c1c(Br)cnn1C(C)C. The smallest absolute Gasteiger partial charge is 0.0698 e. The molecule has 0 spiro atoms. The highest BCUT2D eigenvalue weighted by Gasteiger charge is 2.23. The van der Waals surface area contributed by atoms with E-state index < -0.39 is 0 Å². The zero-order valence-corrected chi connectivity index (χ0v) is 14.6. The van der Waals surface area contributed by atoms with Crippen molar-refractivity contribution in [1.29, 1.82) is 0 Å². The predicted molar refractivity (Wildman–Crippen MR) is 87.9 cm³/mol. The number of nitrogens with zero attached hydrogens (tertiary/aromatic N) is 2. The molecule has 0 amide bonds. The fraction of sp³-hybridized carbons (Fsp3) is 0.812. The van der Waals surface area contributed by atoms with Crippen LogP contribution in [0.15, 0.2) is 10.7 Å². The summed E-state index contributed by atoms with van der Waals surface area (Å²) in [5.41, 5.74) is 1.32. The molecule has 3 nitrogen and oxygen atoms in total. The van der Waals surface area contributed by atoms with Gasteiger partial charge >= 0.3 is 0 Å². The highest BCUT2D eigenvalue weighted by molar-refractivity contribution is 9.10. The van der Waals surface area contributed by atoms with Crippen LogP contribution in [-0.4, -0.2) is 16.3 Å². The molecule has 114 valence electrons. The Morgan fingerprint density at radius 2 is 2.10 bits per heavy atom. The molecule has 1 aromatic rings. The highest BCUT2D eigenvalue weighted by atomic mass is 79.9. The Kier molecular flexibility index (Phi) is 6.09. The lowest BCUT2D eigenvalue weighted by atomic mass is 9.97. The normalized spacial score (nSPS) is 18.1. The minimum Gasteiger partial charge on any atom is -0.309 e. The third-order valence-corrected chi connectivity index (χ3v) is 5.01. The van der Waals surface area contributed by atoms with Gasteiger partial charge in [0.1, 0.15) is 0 Å². The fourth-order valence-electron chi connectivity index (χ4n) is 3.37. The average molecular weight is 342 g/mol. The minimum absolute atomic E-state index is 0.406. The van der Waals surface area contributed by atoms with E-state index in [1.165, 1.54) is 44.2 Å². The lowest BCUT2D eigenvalue weighted by Gasteiger charge is -2.23. The van der Waals surface area contributed by atoms with Crippen molar-refractivity contribution >= 4 is 15.9 Å². The molecular weight excluding hydrogens is 314 g/mol. The maximum Gasteiger partial charge on any atom is 0.0698 e. The van der Waals surface area contributed by atoms with Crippen molar-refractivity contribution in [2.24, 2.45) is 5.92 Å². The number of halogens is 1. The Labute approximate surface area is 131 Å². The summed E-state index contributed by atoms with van der Waals surface area (Å²) in [6, 6.07) is 0.823. The molecule has 1 atom stereocenters. The van der Waals surface area contributed by atoms with Crippen LogP contribution < -0.4 is 5.32 Å². The van der Waals surface area contributed by atoms with E-state index in [4.69, 9.17) is 0 Å². The minimum atomic E-state index is 0.406. The summed E-state index contributed by atoms with van der Waals surface area (Å²) in [6.07, 6.45) is 10.2. The van der Waals surface area contributed by atoms with Gasteiger partial charge in [0.25, 0.3) is 0 Å². The van der Waals surface area contributed by atoms with Gasteiger partial charge in [0, 0.05) is 6.04 Å². The van der Waals surface area contributed by atoms with Gasteiger partial charge in [-0.25, -0.2) is 0 Å². The van der Waals surface area contributed by atoms with Gasteiger partial charge in [-0.15, -0.1) is 0 Å². The third-order valence-electron chi connectivity index (χ3n) is 4.40. The Balaban J connectivity index is 2.08. The van der Waals surface area contributed by atoms with Crippen LogP contribution >= 0.6 is 15.9 Å². The molecule has 0 aliphatic heterocycles. The molecule has 1 aliphatic rings. The largest absolute Gasteiger partial charge is 0.309 e. The van der Waals surface area contributed by atoms with Crippen LogP contribution in [0.2, 0.25) is 0 Å². The maximum atomic E-state index is 4.53. The molecule has 0 aromatic carbocycles. The first-order valence-corrected chi connectivity index (χ1v) is 8.89. The van der Waals surface area contributed by atoms with Gasteiger partial charge in [0.2, 0.25) is 0 Å². The van der Waals surface area contributed by atoms with Crippen molar-refractivity contribution in [1.82, 2.24) is 15.1 Å². The predicted octanol–water partition coefficient (Wildman–Crippen LogP) is 4.85. The lowest BCUT2D eigenvalue weighted by molar-refractivity contribution is 0.386. The lowest BCUT2D eigenvalue weighted by Crippen LogP contribution is -2.25. The van der Waals surface area contributed by atoms with Gasteiger partial charge < -0.3 is 5.32 Å². The number of rotatable bonds is 7. The van der Waals surface area contributed by atoms with Crippen LogP contribution in [0.1, 0.15) is 77.1 Å². The molecule has 1 heterocycles. The van der Waals surface area contributed by atoms with Crippen LogP contribution in [0.4, 0.5) is 0 Å². The van der Waals surface area contributed by atoms with Gasteiger partial charge in [0.05, 0.1) is 22.4 Å². The fourth-order valence-corrected chi connectivity index (χ4v) is 3.92. The maximum absolute atomic E-state index is 4.53. The summed E-state index contributed by atoms with van der Waals surface area (Å²) in [5.74, 6) is 0.949. The average Bonchev–Trinajstić information content (AvgIpc) is 3.04. The second kappa shape index (κ2) is 7.60. The van der Waals surface area contributed by atoms with Gasteiger partial charge in [-0.3, -0.25) is 4.68 Å². The number of hydrogen-bond acceptors (Lipinski definition) is 2. The van der Waals surface area contributed by atoms with E-state index in [0.717, 1.165) is 16.9 Å². The quantitative estimate of drug-likeness (QED) is 0.768. The van der Waals surface area contributed by atoms with Gasteiger partial charge in [-0.1, -0.05) is 32.6 Å². The monoisotopic (exact) mass is 341 g/mol. The zero-order valence-electron chi connectivity index (χ0n) is 13.0. The van der Waals surface area contributed by atoms with E-state index in [9.17, 15) is 0 Å². The van der Waals surface area contributed by atoms with Crippen molar-refractivity contribution in [3.8, 4) is 0 Å². The topological polar surface area (TPSA) is 29.9 Å². The second-order valence-electron chi connectivity index (χ2n) is 6.25. The van der Waals surface area contributed by atoms with E-state index in [1.807, 2.05) is 6.20 Å². The summed E-state index contributed by atoms with van der Waals surface area (Å²) in [7, 11) is 0. The van der Waals surface area contributed by atoms with Crippen LogP contribution in [0.5, 0.6) is 0 Å². The van der Waals surface area contributed by atoms with Crippen molar-refractivity contribution in [3.05, 3.63) is 16.4 Å². The Hall–Kier alpha value is -0.350. The van der Waals surface area contributed by atoms with Crippen molar-refractivity contribution in [3.63, 3.8) is 0 Å². The van der Waals surface area contributed by atoms with E-state index >= 15 is 0 Å². The van der Waals surface area contributed by atoms with Crippen LogP contribution in [-0.2, 0) is 0 Å². The van der Waals surface area contributed by atoms with Crippen molar-refractivity contribution in [2.75, 3.05) is 6.54 Å². The Morgan fingerprint density at radius 1 is 1.40 bits per heavy atom. The first-order valence-electron chi connectivity index (χ1n) is 8.09. The summed E-state index contributed by atoms with van der Waals surface area (Å²) >= 11 is 3.69. The molecule has 2 rings (SSSR count). The van der Waals surface area contributed by atoms with Crippen LogP contribution in [0.3, 0.4) is 0 Å². The van der Waals surface area contributed by atoms with Gasteiger partial charge in [0.15, 0.2) is 0 Å². The summed E-state index contributed by atoms with van der Waals surface area (Å²) in [6.45, 7) is 7.59. The Bertz CT molecular complexity index is 408. The number of nitrogens with one attached hydrogen (secondary N) is 1. The highest BCUT2D eigenvalue weighted by Crippen LogP contribution is 2.34. The van der Waals surface area contributed by atoms with E-state index in [1.54, 1.807) is 0 Å².